The lowest BCUT2D eigenvalue weighted by molar-refractivity contribution is 0.102. The number of nitrogens with two attached hydrogens (primary N) is 1. The third-order valence-electron chi connectivity index (χ3n) is 5.66. The summed E-state index contributed by atoms with van der Waals surface area (Å²) in [6.07, 6.45) is 3.67. The van der Waals surface area contributed by atoms with Crippen LogP contribution in [0.15, 0.2) is 29.4 Å². The van der Waals surface area contributed by atoms with Gasteiger partial charge in [-0.25, -0.2) is 8.42 Å². The van der Waals surface area contributed by atoms with Gasteiger partial charge in [0.15, 0.2) is 15.5 Å². The highest BCUT2D eigenvalue weighted by Crippen LogP contribution is 2.45. The van der Waals surface area contributed by atoms with Crippen molar-refractivity contribution < 1.29 is 13.2 Å². The molecule has 1 unspecified atom stereocenters. The van der Waals surface area contributed by atoms with E-state index in [0.29, 0.717) is 12.1 Å². The van der Waals surface area contributed by atoms with Crippen LogP contribution in [-0.2, 0) is 21.8 Å². The second-order valence-electron chi connectivity index (χ2n) is 7.77. The molecule has 0 saturated heterocycles. The quantitative estimate of drug-likeness (QED) is 0.765. The zero-order valence-electron chi connectivity index (χ0n) is 15.6. The number of anilines is 1. The van der Waals surface area contributed by atoms with Crippen LogP contribution in [0.1, 0.15) is 48.3 Å². The van der Waals surface area contributed by atoms with Gasteiger partial charge in [-0.15, -0.1) is 0 Å². The molecule has 1 spiro atoms. The monoisotopic (exact) mass is 419 g/mol. The largest absolute Gasteiger partial charge is 0.386 e. The standard InChI is InChI=1S/C18H21N5O3S2/c1-17(2)16(19)22-18(10-28(17,25)26)7-3-4-11-5-6-12(8-13(11)18)21-15(24)14-9-20-27-23-14/h5-6,8-9H,3-4,7,10H2,1-2H3,(H2,19,22)(H,21,24). The van der Waals surface area contributed by atoms with Gasteiger partial charge in [-0.05, 0) is 56.4 Å². The van der Waals surface area contributed by atoms with Gasteiger partial charge < -0.3 is 11.1 Å². The van der Waals surface area contributed by atoms with Gasteiger partial charge >= 0.3 is 0 Å². The van der Waals surface area contributed by atoms with Gasteiger partial charge in [-0.1, -0.05) is 6.07 Å². The summed E-state index contributed by atoms with van der Waals surface area (Å²) in [5, 5.41) is 2.80. The van der Waals surface area contributed by atoms with E-state index < -0.39 is 20.1 Å². The lowest BCUT2D eigenvalue weighted by Crippen LogP contribution is -2.56. The molecular weight excluding hydrogens is 398 g/mol. The van der Waals surface area contributed by atoms with Crippen molar-refractivity contribution in [2.24, 2.45) is 10.7 Å². The molecule has 1 atom stereocenters. The highest BCUT2D eigenvalue weighted by molar-refractivity contribution is 7.93. The van der Waals surface area contributed by atoms with Gasteiger partial charge in [0.05, 0.1) is 23.7 Å². The van der Waals surface area contributed by atoms with Crippen molar-refractivity contribution in [1.29, 1.82) is 0 Å². The van der Waals surface area contributed by atoms with Crippen LogP contribution in [0.25, 0.3) is 0 Å². The topological polar surface area (TPSA) is 127 Å². The molecule has 1 aliphatic heterocycles. The molecule has 1 aromatic heterocycles. The minimum absolute atomic E-state index is 0.0892. The molecule has 4 rings (SSSR count). The molecule has 2 aromatic rings. The Labute approximate surface area is 167 Å². The number of benzene rings is 1. The second kappa shape index (κ2) is 6.35. The van der Waals surface area contributed by atoms with Gasteiger partial charge in [-0.3, -0.25) is 9.79 Å². The fourth-order valence-electron chi connectivity index (χ4n) is 3.79. The third-order valence-corrected chi connectivity index (χ3v) is 8.76. The van der Waals surface area contributed by atoms with Crippen molar-refractivity contribution in [3.05, 3.63) is 41.2 Å². The fourth-order valence-corrected chi connectivity index (χ4v) is 5.92. The van der Waals surface area contributed by atoms with Crippen molar-refractivity contribution in [1.82, 2.24) is 8.75 Å². The van der Waals surface area contributed by atoms with Crippen LogP contribution in [0, 0.1) is 0 Å². The number of nitrogens with zero attached hydrogens (tertiary/aromatic N) is 3. The summed E-state index contributed by atoms with van der Waals surface area (Å²) < 4.78 is 32.5. The Balaban J connectivity index is 1.77. The van der Waals surface area contributed by atoms with Gasteiger partial charge in [-0.2, -0.15) is 8.75 Å². The van der Waals surface area contributed by atoms with Gasteiger partial charge in [0.25, 0.3) is 5.91 Å². The Hall–Kier alpha value is -2.33. The zero-order valence-corrected chi connectivity index (χ0v) is 17.2. The molecule has 1 aliphatic carbocycles. The number of fused-ring (bicyclic) bond motifs is 2. The molecule has 0 bridgehead atoms. The smallest absolute Gasteiger partial charge is 0.277 e. The number of hydrogen-bond donors (Lipinski definition) is 2. The molecule has 0 radical (unpaired) electrons. The fraction of sp³-hybridized carbons (Fsp3) is 0.444. The Morgan fingerprint density at radius 1 is 1.32 bits per heavy atom. The molecule has 0 fully saturated rings. The average Bonchev–Trinajstić information content (AvgIpc) is 3.15. The van der Waals surface area contributed by atoms with E-state index in [0.717, 1.165) is 35.7 Å². The van der Waals surface area contributed by atoms with Crippen LogP contribution in [-0.4, -0.2) is 39.4 Å². The Morgan fingerprint density at radius 3 is 2.79 bits per heavy atom. The first kappa shape index (κ1) is 19.0. The molecule has 2 aliphatic rings. The van der Waals surface area contributed by atoms with Crippen molar-refractivity contribution in [2.75, 3.05) is 11.1 Å². The van der Waals surface area contributed by atoms with Crippen molar-refractivity contribution in [2.45, 2.75) is 43.4 Å². The molecule has 3 N–H and O–H groups in total. The number of sulfone groups is 1. The molecule has 1 amide bonds. The highest BCUT2D eigenvalue weighted by Gasteiger charge is 2.51. The Bertz CT molecular complexity index is 1080. The van der Waals surface area contributed by atoms with Crippen LogP contribution in [0.2, 0.25) is 0 Å². The van der Waals surface area contributed by atoms with E-state index in [1.54, 1.807) is 13.8 Å². The van der Waals surface area contributed by atoms with Gasteiger partial charge in [0, 0.05) is 5.69 Å². The normalized spacial score (nSPS) is 25.0. The maximum atomic E-state index is 13.0. The van der Waals surface area contributed by atoms with E-state index in [1.807, 2.05) is 18.2 Å². The van der Waals surface area contributed by atoms with Crippen LogP contribution in [0.5, 0.6) is 0 Å². The van der Waals surface area contributed by atoms with E-state index >= 15 is 0 Å². The maximum Gasteiger partial charge on any atom is 0.277 e. The summed E-state index contributed by atoms with van der Waals surface area (Å²) in [5.74, 6) is -0.317. The molecule has 2 heterocycles. The van der Waals surface area contributed by atoms with Crippen molar-refractivity contribution in [3.8, 4) is 0 Å². The third kappa shape index (κ3) is 2.91. The number of rotatable bonds is 2. The Morgan fingerprint density at radius 2 is 2.11 bits per heavy atom. The summed E-state index contributed by atoms with van der Waals surface area (Å²) >= 11 is 0.959. The van der Waals surface area contributed by atoms with Crippen LogP contribution < -0.4 is 11.1 Å². The minimum atomic E-state index is -3.49. The summed E-state index contributed by atoms with van der Waals surface area (Å²) in [7, 11) is -3.49. The lowest BCUT2D eigenvalue weighted by Gasteiger charge is -2.43. The SMILES string of the molecule is CC1(C)C(N)=NC2(CCCc3ccc(NC(=O)c4cnsn4)cc32)CS1(=O)=O. The zero-order chi connectivity index (χ0) is 20.2. The van der Waals surface area contributed by atoms with Gasteiger partial charge in [0.1, 0.15) is 16.1 Å². The lowest BCUT2D eigenvalue weighted by atomic mass is 9.77. The van der Waals surface area contributed by atoms with Crippen molar-refractivity contribution >= 4 is 39.0 Å². The predicted molar refractivity (Wildman–Crippen MR) is 108 cm³/mol. The molecule has 8 nitrogen and oxygen atoms in total. The van der Waals surface area contributed by atoms with Crippen LogP contribution >= 0.6 is 11.7 Å². The van der Waals surface area contributed by atoms with E-state index in [-0.39, 0.29) is 23.2 Å². The molecule has 1 aromatic carbocycles. The number of amides is 1. The number of aromatic nitrogens is 2. The average molecular weight is 420 g/mol. The van der Waals surface area contributed by atoms with Crippen LogP contribution in [0.4, 0.5) is 5.69 Å². The number of carbonyl (C=O) groups is 1. The first-order valence-electron chi connectivity index (χ1n) is 8.95. The van der Waals surface area contributed by atoms with E-state index in [1.165, 1.54) is 6.20 Å². The Kier molecular flexibility index (Phi) is 4.31. The number of carbonyl (C=O) groups excluding carboxylic acids is 1. The molecule has 0 saturated carbocycles. The van der Waals surface area contributed by atoms with E-state index in [9.17, 15) is 13.2 Å². The van der Waals surface area contributed by atoms with E-state index in [4.69, 9.17) is 10.7 Å². The number of aryl methyl sites for hydroxylation is 1. The highest BCUT2D eigenvalue weighted by atomic mass is 32.2. The number of aliphatic imine (C=N–C) groups is 1. The summed E-state index contributed by atoms with van der Waals surface area (Å²) in [4.78, 5) is 17.0. The number of nitrogens with one attached hydrogen (secondary N) is 1. The number of hydrogen-bond acceptors (Lipinski definition) is 8. The van der Waals surface area contributed by atoms with Gasteiger partial charge in [0.2, 0.25) is 0 Å². The molecule has 10 heteroatoms. The first-order valence-corrected chi connectivity index (χ1v) is 11.3. The minimum Gasteiger partial charge on any atom is -0.386 e. The predicted octanol–water partition coefficient (Wildman–Crippen LogP) is 1.89. The summed E-state index contributed by atoms with van der Waals surface area (Å²) in [5.41, 5.74) is 7.86. The van der Waals surface area contributed by atoms with E-state index in [2.05, 4.69) is 14.1 Å². The maximum absolute atomic E-state index is 13.0. The molecule has 28 heavy (non-hydrogen) atoms. The number of amidine groups is 1. The first-order chi connectivity index (χ1) is 13.1. The summed E-state index contributed by atoms with van der Waals surface area (Å²) in [6, 6.07) is 5.55. The molecule has 148 valence electrons. The summed E-state index contributed by atoms with van der Waals surface area (Å²) in [6.45, 7) is 3.19. The second-order valence-corrected chi connectivity index (χ2v) is 10.9. The van der Waals surface area contributed by atoms with Crippen molar-refractivity contribution in [3.63, 3.8) is 0 Å². The molecular formula is C18H21N5O3S2. The van der Waals surface area contributed by atoms with Crippen LogP contribution in [0.3, 0.4) is 0 Å².